The number of hydrogen-bond acceptors (Lipinski definition) is 5. The summed E-state index contributed by atoms with van der Waals surface area (Å²) in [6.45, 7) is 1.56. The third-order valence-electron chi connectivity index (χ3n) is 5.36. The molecule has 3 rings (SSSR count). The molecule has 0 aliphatic carbocycles. The number of carbonyl (C=O) groups is 2. The summed E-state index contributed by atoms with van der Waals surface area (Å²) in [5.74, 6) is -0.195. The number of carboxylic acid groups (broad SMARTS) is 1. The minimum atomic E-state index is -0.918. The summed E-state index contributed by atoms with van der Waals surface area (Å²) < 4.78 is 10.6. The van der Waals surface area contributed by atoms with E-state index < -0.39 is 11.4 Å². The van der Waals surface area contributed by atoms with Crippen molar-refractivity contribution in [3.63, 3.8) is 0 Å². The van der Waals surface area contributed by atoms with Gasteiger partial charge < -0.3 is 24.8 Å². The quantitative estimate of drug-likeness (QED) is 0.854. The van der Waals surface area contributed by atoms with Gasteiger partial charge in [0.15, 0.2) is 11.5 Å². The Morgan fingerprint density at radius 2 is 2.12 bits per heavy atom. The molecular weight excluding hydrogens is 324 g/mol. The van der Waals surface area contributed by atoms with Gasteiger partial charge in [0, 0.05) is 19.1 Å². The summed E-state index contributed by atoms with van der Waals surface area (Å²) in [6.07, 6.45) is 2.01. The molecule has 2 fully saturated rings. The number of carboxylic acids is 1. The number of ether oxygens (including phenoxy) is 2. The SMILES string of the molecule is COc1cccc(C(=O)N2CC[C@H]3NCCC[C@]3(C(=O)O)C2)c1OC. The fraction of sp³-hybridized carbons (Fsp3) is 0.556. The van der Waals surface area contributed by atoms with E-state index in [2.05, 4.69) is 5.32 Å². The van der Waals surface area contributed by atoms with E-state index >= 15 is 0 Å². The molecule has 7 heteroatoms. The Morgan fingerprint density at radius 1 is 1.32 bits per heavy atom. The zero-order chi connectivity index (χ0) is 18.0. The van der Waals surface area contributed by atoms with Gasteiger partial charge in [-0.3, -0.25) is 9.59 Å². The predicted molar refractivity (Wildman–Crippen MR) is 91.2 cm³/mol. The second-order valence-corrected chi connectivity index (χ2v) is 6.63. The van der Waals surface area contributed by atoms with E-state index in [1.54, 1.807) is 23.1 Å². The van der Waals surface area contributed by atoms with Gasteiger partial charge in [-0.2, -0.15) is 0 Å². The molecule has 0 unspecified atom stereocenters. The third kappa shape index (κ3) is 2.93. The van der Waals surface area contributed by atoms with Crippen LogP contribution < -0.4 is 14.8 Å². The molecule has 2 heterocycles. The molecule has 0 spiro atoms. The highest BCUT2D eigenvalue weighted by Gasteiger charge is 2.51. The van der Waals surface area contributed by atoms with Gasteiger partial charge in [-0.25, -0.2) is 0 Å². The lowest BCUT2D eigenvalue weighted by atomic mass is 9.70. The molecule has 1 aromatic carbocycles. The van der Waals surface area contributed by atoms with Crippen molar-refractivity contribution in [3.8, 4) is 11.5 Å². The molecule has 1 aromatic rings. The van der Waals surface area contributed by atoms with Gasteiger partial charge in [0.1, 0.15) is 5.41 Å². The molecule has 0 radical (unpaired) electrons. The smallest absolute Gasteiger partial charge is 0.313 e. The number of benzene rings is 1. The standard InChI is InChI=1S/C18H24N2O5/c1-24-13-6-3-5-12(15(13)25-2)16(21)20-10-7-14-18(11-20,17(22)23)8-4-9-19-14/h3,5-6,14,19H,4,7-11H2,1-2H3,(H,22,23)/t14-,18+/m1/s1. The number of nitrogens with one attached hydrogen (secondary N) is 1. The van der Waals surface area contributed by atoms with Gasteiger partial charge in [-0.05, 0) is 37.9 Å². The molecule has 25 heavy (non-hydrogen) atoms. The van der Waals surface area contributed by atoms with Crippen LogP contribution >= 0.6 is 0 Å². The van der Waals surface area contributed by atoms with Gasteiger partial charge in [-0.15, -0.1) is 0 Å². The highest BCUT2D eigenvalue weighted by molar-refractivity contribution is 5.98. The lowest BCUT2D eigenvalue weighted by molar-refractivity contribution is -0.156. The summed E-state index contributed by atoms with van der Waals surface area (Å²) in [6, 6.07) is 5.06. The second-order valence-electron chi connectivity index (χ2n) is 6.63. The van der Waals surface area contributed by atoms with Crippen molar-refractivity contribution in [2.45, 2.75) is 25.3 Å². The average Bonchev–Trinajstić information content (AvgIpc) is 2.65. The highest BCUT2D eigenvalue weighted by atomic mass is 16.5. The molecule has 0 bridgehead atoms. The topological polar surface area (TPSA) is 88.1 Å². The minimum absolute atomic E-state index is 0.0880. The minimum Gasteiger partial charge on any atom is -0.493 e. The molecule has 0 aromatic heterocycles. The summed E-state index contributed by atoms with van der Waals surface area (Å²) in [5, 5.41) is 13.2. The Kier molecular flexibility index (Phi) is 4.85. The van der Waals surface area contributed by atoms with Crippen molar-refractivity contribution < 1.29 is 24.2 Å². The average molecular weight is 348 g/mol. The van der Waals surface area contributed by atoms with Crippen LogP contribution in [0.15, 0.2) is 18.2 Å². The zero-order valence-corrected chi connectivity index (χ0v) is 14.6. The van der Waals surface area contributed by atoms with Crippen molar-refractivity contribution in [1.82, 2.24) is 10.2 Å². The Hall–Kier alpha value is -2.28. The fourth-order valence-corrected chi connectivity index (χ4v) is 4.04. The Morgan fingerprint density at radius 3 is 2.80 bits per heavy atom. The Labute approximate surface area is 146 Å². The Bertz CT molecular complexity index is 677. The summed E-state index contributed by atoms with van der Waals surface area (Å²) >= 11 is 0. The van der Waals surface area contributed by atoms with Crippen LogP contribution in [0.2, 0.25) is 0 Å². The first-order valence-corrected chi connectivity index (χ1v) is 8.50. The third-order valence-corrected chi connectivity index (χ3v) is 5.36. The number of carbonyl (C=O) groups excluding carboxylic acids is 1. The normalized spacial score (nSPS) is 25.8. The largest absolute Gasteiger partial charge is 0.493 e. The molecule has 2 atom stereocenters. The van der Waals surface area contributed by atoms with Crippen LogP contribution in [-0.4, -0.2) is 61.8 Å². The molecule has 0 saturated carbocycles. The van der Waals surface area contributed by atoms with Gasteiger partial charge in [-0.1, -0.05) is 6.07 Å². The van der Waals surface area contributed by atoms with Crippen LogP contribution in [0.5, 0.6) is 11.5 Å². The predicted octanol–water partition coefficient (Wildman–Crippen LogP) is 1.37. The number of aliphatic carboxylic acids is 1. The summed E-state index contributed by atoms with van der Waals surface area (Å²) in [7, 11) is 3.01. The van der Waals surface area contributed by atoms with E-state index in [1.807, 2.05) is 0 Å². The Balaban J connectivity index is 1.90. The van der Waals surface area contributed by atoms with Crippen LogP contribution in [0.3, 0.4) is 0 Å². The van der Waals surface area contributed by atoms with Gasteiger partial charge in [0.05, 0.1) is 19.8 Å². The van der Waals surface area contributed by atoms with Crippen molar-refractivity contribution >= 4 is 11.9 Å². The molecule has 136 valence electrons. The van der Waals surface area contributed by atoms with Gasteiger partial charge >= 0.3 is 5.97 Å². The van der Waals surface area contributed by atoms with Crippen LogP contribution in [0.4, 0.5) is 0 Å². The number of piperidine rings is 2. The lowest BCUT2D eigenvalue weighted by Gasteiger charge is -2.48. The van der Waals surface area contributed by atoms with Crippen molar-refractivity contribution in [3.05, 3.63) is 23.8 Å². The number of likely N-dealkylation sites (tertiary alicyclic amines) is 1. The molecular formula is C18H24N2O5. The maximum absolute atomic E-state index is 13.1. The van der Waals surface area contributed by atoms with E-state index in [-0.39, 0.29) is 18.5 Å². The molecule has 1 amide bonds. The molecule has 7 nitrogen and oxygen atoms in total. The monoisotopic (exact) mass is 348 g/mol. The van der Waals surface area contributed by atoms with Crippen LogP contribution in [0.1, 0.15) is 29.6 Å². The highest BCUT2D eigenvalue weighted by Crippen LogP contribution is 2.39. The number of rotatable bonds is 4. The van der Waals surface area contributed by atoms with E-state index in [9.17, 15) is 14.7 Å². The number of methoxy groups -OCH3 is 2. The number of fused-ring (bicyclic) bond motifs is 1. The molecule has 2 N–H and O–H groups in total. The second kappa shape index (κ2) is 6.92. The fourth-order valence-electron chi connectivity index (χ4n) is 4.04. The first-order chi connectivity index (χ1) is 12.0. The van der Waals surface area contributed by atoms with Crippen LogP contribution in [-0.2, 0) is 4.79 Å². The molecule has 2 aliphatic heterocycles. The number of amides is 1. The van der Waals surface area contributed by atoms with Gasteiger partial charge in [0.2, 0.25) is 0 Å². The maximum atomic E-state index is 13.1. The van der Waals surface area contributed by atoms with E-state index in [0.717, 1.165) is 13.0 Å². The summed E-state index contributed by atoms with van der Waals surface area (Å²) in [4.78, 5) is 26.7. The maximum Gasteiger partial charge on any atom is 0.313 e. The van der Waals surface area contributed by atoms with E-state index in [1.165, 1.54) is 14.2 Å². The first-order valence-electron chi connectivity index (χ1n) is 8.50. The van der Waals surface area contributed by atoms with E-state index in [4.69, 9.17) is 9.47 Å². The van der Waals surface area contributed by atoms with Crippen LogP contribution in [0, 0.1) is 5.41 Å². The zero-order valence-electron chi connectivity index (χ0n) is 14.6. The summed E-state index contributed by atoms with van der Waals surface area (Å²) in [5.41, 5.74) is -0.525. The first kappa shape index (κ1) is 17.5. The van der Waals surface area contributed by atoms with E-state index in [0.29, 0.717) is 36.4 Å². The van der Waals surface area contributed by atoms with Gasteiger partial charge in [0.25, 0.3) is 5.91 Å². The lowest BCUT2D eigenvalue weighted by Crippen LogP contribution is -2.63. The van der Waals surface area contributed by atoms with Crippen LogP contribution in [0.25, 0.3) is 0 Å². The molecule has 2 saturated heterocycles. The number of para-hydroxylation sites is 1. The molecule has 2 aliphatic rings. The van der Waals surface area contributed by atoms with Crippen molar-refractivity contribution in [1.29, 1.82) is 0 Å². The van der Waals surface area contributed by atoms with Crippen molar-refractivity contribution in [2.24, 2.45) is 5.41 Å². The van der Waals surface area contributed by atoms with Crippen molar-refractivity contribution in [2.75, 3.05) is 33.9 Å². The number of nitrogens with zero attached hydrogens (tertiary/aromatic N) is 1. The number of hydrogen-bond donors (Lipinski definition) is 2.